The number of benzene rings is 2. The Morgan fingerprint density at radius 2 is 1.42 bits per heavy atom. The number of ether oxygens (including phenoxy) is 1. The van der Waals surface area contributed by atoms with Crippen LogP contribution < -0.4 is 0 Å². The quantitative estimate of drug-likeness (QED) is 0.855. The standard InChI is InChI=1S/C16H16O3/c1-19-16(18)14(12-8-4-2-5-9-12)15(17)13-10-6-3-7-11-13/h2-11,14-15,17H,1H3/t14-,15+/m0/s1. The van der Waals surface area contributed by atoms with Crippen LogP contribution in [0.5, 0.6) is 0 Å². The zero-order chi connectivity index (χ0) is 13.7. The maximum atomic E-state index is 11.9. The summed E-state index contributed by atoms with van der Waals surface area (Å²) in [4.78, 5) is 11.9. The first-order valence-corrected chi connectivity index (χ1v) is 6.10. The summed E-state index contributed by atoms with van der Waals surface area (Å²) in [5, 5.41) is 10.4. The highest BCUT2D eigenvalue weighted by Crippen LogP contribution is 2.31. The van der Waals surface area contributed by atoms with Gasteiger partial charge in [-0.05, 0) is 11.1 Å². The molecule has 0 saturated carbocycles. The third kappa shape index (κ3) is 3.01. The molecule has 3 nitrogen and oxygen atoms in total. The Hall–Kier alpha value is -2.13. The molecule has 3 heteroatoms. The lowest BCUT2D eigenvalue weighted by atomic mass is 9.89. The third-order valence-corrected chi connectivity index (χ3v) is 3.07. The van der Waals surface area contributed by atoms with Crippen molar-refractivity contribution >= 4 is 5.97 Å². The summed E-state index contributed by atoms with van der Waals surface area (Å²) in [7, 11) is 1.33. The first-order chi connectivity index (χ1) is 9.24. The molecule has 2 rings (SSSR count). The SMILES string of the molecule is COC(=O)[C@@H](c1ccccc1)[C@H](O)c1ccccc1. The number of aliphatic hydroxyl groups is 1. The van der Waals surface area contributed by atoms with Gasteiger partial charge in [0.05, 0.1) is 13.2 Å². The second kappa shape index (κ2) is 6.16. The van der Waals surface area contributed by atoms with Crippen LogP contribution in [0.2, 0.25) is 0 Å². The number of aliphatic hydroxyl groups excluding tert-OH is 1. The highest BCUT2D eigenvalue weighted by atomic mass is 16.5. The minimum Gasteiger partial charge on any atom is -0.468 e. The van der Waals surface area contributed by atoms with Gasteiger partial charge in [0.25, 0.3) is 0 Å². The molecule has 0 amide bonds. The Morgan fingerprint density at radius 3 is 1.89 bits per heavy atom. The maximum Gasteiger partial charge on any atom is 0.316 e. The van der Waals surface area contributed by atoms with Crippen molar-refractivity contribution in [1.29, 1.82) is 0 Å². The normalized spacial score (nSPS) is 13.6. The molecule has 1 N–H and O–H groups in total. The molecule has 2 atom stereocenters. The van der Waals surface area contributed by atoms with Gasteiger partial charge in [0, 0.05) is 0 Å². The Labute approximate surface area is 112 Å². The van der Waals surface area contributed by atoms with Crippen LogP contribution >= 0.6 is 0 Å². The van der Waals surface area contributed by atoms with E-state index in [1.807, 2.05) is 48.5 Å². The lowest BCUT2D eigenvalue weighted by molar-refractivity contribution is -0.145. The molecule has 0 heterocycles. The molecule has 98 valence electrons. The molecular weight excluding hydrogens is 240 g/mol. The van der Waals surface area contributed by atoms with Crippen LogP contribution in [0.3, 0.4) is 0 Å². The number of carbonyl (C=O) groups excluding carboxylic acids is 1. The van der Waals surface area contributed by atoms with Gasteiger partial charge in [-0.1, -0.05) is 60.7 Å². The molecule has 0 saturated heterocycles. The van der Waals surface area contributed by atoms with E-state index in [1.54, 1.807) is 12.1 Å². The molecule has 2 aromatic carbocycles. The Bertz CT molecular complexity index is 522. The van der Waals surface area contributed by atoms with Gasteiger partial charge in [-0.3, -0.25) is 4.79 Å². The predicted octanol–water partition coefficient (Wildman–Crippen LogP) is 2.68. The first kappa shape index (κ1) is 13.3. The molecule has 0 unspecified atom stereocenters. The molecular formula is C16H16O3. The predicted molar refractivity (Wildman–Crippen MR) is 72.6 cm³/mol. The van der Waals surface area contributed by atoms with E-state index in [0.717, 1.165) is 5.56 Å². The lowest BCUT2D eigenvalue weighted by Gasteiger charge is -2.21. The largest absolute Gasteiger partial charge is 0.468 e. The van der Waals surface area contributed by atoms with Crippen molar-refractivity contribution < 1.29 is 14.6 Å². The van der Waals surface area contributed by atoms with Crippen LogP contribution in [0.25, 0.3) is 0 Å². The zero-order valence-electron chi connectivity index (χ0n) is 10.7. The van der Waals surface area contributed by atoms with Crippen molar-refractivity contribution in [3.05, 3.63) is 71.8 Å². The van der Waals surface area contributed by atoms with E-state index in [2.05, 4.69) is 0 Å². The van der Waals surface area contributed by atoms with E-state index in [0.29, 0.717) is 5.56 Å². The number of esters is 1. The average Bonchev–Trinajstić information content (AvgIpc) is 2.49. The van der Waals surface area contributed by atoms with Crippen LogP contribution in [0.4, 0.5) is 0 Å². The molecule has 2 aromatic rings. The number of hydrogen-bond acceptors (Lipinski definition) is 3. The summed E-state index contributed by atoms with van der Waals surface area (Å²) in [6, 6.07) is 18.3. The Kier molecular flexibility index (Phi) is 4.31. The fourth-order valence-electron chi connectivity index (χ4n) is 2.08. The van der Waals surface area contributed by atoms with Crippen LogP contribution in [-0.4, -0.2) is 18.2 Å². The van der Waals surface area contributed by atoms with Crippen LogP contribution in [0.15, 0.2) is 60.7 Å². The molecule has 0 bridgehead atoms. The van der Waals surface area contributed by atoms with E-state index in [9.17, 15) is 9.90 Å². The Balaban J connectivity index is 2.36. The number of methoxy groups -OCH3 is 1. The van der Waals surface area contributed by atoms with Gasteiger partial charge in [0.2, 0.25) is 0 Å². The zero-order valence-corrected chi connectivity index (χ0v) is 10.7. The van der Waals surface area contributed by atoms with Crippen LogP contribution in [-0.2, 0) is 9.53 Å². The molecule has 0 radical (unpaired) electrons. The lowest BCUT2D eigenvalue weighted by Crippen LogP contribution is -2.21. The van der Waals surface area contributed by atoms with Crippen molar-refractivity contribution in [1.82, 2.24) is 0 Å². The van der Waals surface area contributed by atoms with E-state index in [4.69, 9.17) is 4.74 Å². The summed E-state index contributed by atoms with van der Waals surface area (Å²) in [6.07, 6.45) is -0.920. The topological polar surface area (TPSA) is 46.5 Å². The van der Waals surface area contributed by atoms with Crippen molar-refractivity contribution in [3.8, 4) is 0 Å². The average molecular weight is 256 g/mol. The summed E-state index contributed by atoms with van der Waals surface area (Å²) >= 11 is 0. The highest BCUT2D eigenvalue weighted by Gasteiger charge is 2.30. The van der Waals surface area contributed by atoms with Crippen LogP contribution in [0, 0.1) is 0 Å². The van der Waals surface area contributed by atoms with Crippen molar-refractivity contribution in [2.75, 3.05) is 7.11 Å². The summed E-state index contributed by atoms with van der Waals surface area (Å²) in [5.41, 5.74) is 1.44. The summed E-state index contributed by atoms with van der Waals surface area (Å²) in [5.74, 6) is -1.16. The van der Waals surface area contributed by atoms with Gasteiger partial charge < -0.3 is 9.84 Å². The van der Waals surface area contributed by atoms with E-state index >= 15 is 0 Å². The van der Waals surface area contributed by atoms with Gasteiger partial charge in [0.15, 0.2) is 0 Å². The van der Waals surface area contributed by atoms with Gasteiger partial charge in [-0.25, -0.2) is 0 Å². The van der Waals surface area contributed by atoms with E-state index in [-0.39, 0.29) is 0 Å². The highest BCUT2D eigenvalue weighted by molar-refractivity contribution is 5.79. The van der Waals surface area contributed by atoms with E-state index < -0.39 is 18.0 Å². The fourth-order valence-corrected chi connectivity index (χ4v) is 2.08. The fraction of sp³-hybridized carbons (Fsp3) is 0.188. The molecule has 0 aliphatic heterocycles. The number of rotatable bonds is 4. The molecule has 19 heavy (non-hydrogen) atoms. The molecule has 0 fully saturated rings. The van der Waals surface area contributed by atoms with Gasteiger partial charge in [-0.2, -0.15) is 0 Å². The van der Waals surface area contributed by atoms with Crippen molar-refractivity contribution in [2.24, 2.45) is 0 Å². The smallest absolute Gasteiger partial charge is 0.316 e. The number of carbonyl (C=O) groups is 1. The molecule has 0 spiro atoms. The molecule has 0 aliphatic carbocycles. The first-order valence-electron chi connectivity index (χ1n) is 6.10. The van der Waals surface area contributed by atoms with Gasteiger partial charge in [-0.15, -0.1) is 0 Å². The maximum absolute atomic E-state index is 11.9. The van der Waals surface area contributed by atoms with Crippen molar-refractivity contribution in [2.45, 2.75) is 12.0 Å². The molecule has 0 aliphatic rings. The van der Waals surface area contributed by atoms with Crippen LogP contribution in [0.1, 0.15) is 23.1 Å². The monoisotopic (exact) mass is 256 g/mol. The van der Waals surface area contributed by atoms with Gasteiger partial charge >= 0.3 is 5.97 Å². The Morgan fingerprint density at radius 1 is 0.947 bits per heavy atom. The second-order valence-electron chi connectivity index (χ2n) is 4.27. The van der Waals surface area contributed by atoms with E-state index in [1.165, 1.54) is 7.11 Å². The third-order valence-electron chi connectivity index (χ3n) is 3.07. The number of hydrogen-bond donors (Lipinski definition) is 1. The molecule has 0 aromatic heterocycles. The summed E-state index contributed by atoms with van der Waals surface area (Å²) in [6.45, 7) is 0. The summed E-state index contributed by atoms with van der Waals surface area (Å²) < 4.78 is 4.81. The van der Waals surface area contributed by atoms with Gasteiger partial charge in [0.1, 0.15) is 5.92 Å². The minimum absolute atomic E-state index is 0.442. The second-order valence-corrected chi connectivity index (χ2v) is 4.27. The minimum atomic E-state index is -0.920. The van der Waals surface area contributed by atoms with Crippen molar-refractivity contribution in [3.63, 3.8) is 0 Å².